The molecule has 7 heteroatoms. The molecule has 0 unspecified atom stereocenters. The number of thiophene rings is 2. The Morgan fingerprint density at radius 3 is 2.50 bits per heavy atom. The van der Waals surface area contributed by atoms with Crippen LogP contribution in [0.1, 0.15) is 10.6 Å². The lowest BCUT2D eigenvalue weighted by molar-refractivity contribution is -0.118. The summed E-state index contributed by atoms with van der Waals surface area (Å²) in [5.74, 6) is 0.800. The van der Waals surface area contributed by atoms with Crippen molar-refractivity contribution in [3.63, 3.8) is 0 Å². The Bertz CT molecular complexity index is 1020. The molecule has 4 rings (SSSR count). The Balaban J connectivity index is 1.55. The monoisotopic (exact) mass is 426 g/mol. The number of anilines is 1. The van der Waals surface area contributed by atoms with Crippen molar-refractivity contribution >= 4 is 45.6 Å². The van der Waals surface area contributed by atoms with E-state index >= 15 is 0 Å². The fraction of sp³-hybridized carbons (Fsp3) is 0.143. The molecule has 0 radical (unpaired) electrons. The van der Waals surface area contributed by atoms with Crippen LogP contribution in [0.2, 0.25) is 0 Å². The normalized spacial score (nSPS) is 10.8. The van der Waals surface area contributed by atoms with E-state index in [0.717, 1.165) is 31.9 Å². The average Bonchev–Trinajstić information content (AvgIpc) is 3.48. The minimum atomic E-state index is 0.0293. The van der Waals surface area contributed by atoms with Gasteiger partial charge < -0.3 is 9.64 Å². The van der Waals surface area contributed by atoms with E-state index in [1.54, 1.807) is 41.1 Å². The molecular formula is C21H18N2O2S3. The van der Waals surface area contributed by atoms with Gasteiger partial charge in [-0.15, -0.1) is 34.0 Å². The molecule has 0 atom stereocenters. The topological polar surface area (TPSA) is 42.4 Å². The minimum Gasteiger partial charge on any atom is -0.497 e. The summed E-state index contributed by atoms with van der Waals surface area (Å²) < 4.78 is 5.24. The number of nitrogens with zero attached hydrogens (tertiary/aromatic N) is 2. The van der Waals surface area contributed by atoms with Crippen molar-refractivity contribution in [2.24, 2.45) is 0 Å². The molecular weight excluding hydrogens is 408 g/mol. The molecule has 0 saturated heterocycles. The molecule has 3 heterocycles. The van der Waals surface area contributed by atoms with Crippen LogP contribution in [-0.2, 0) is 17.8 Å². The Morgan fingerprint density at radius 2 is 1.82 bits per heavy atom. The first kappa shape index (κ1) is 18.9. The van der Waals surface area contributed by atoms with Gasteiger partial charge in [0, 0.05) is 15.9 Å². The molecule has 3 aromatic heterocycles. The van der Waals surface area contributed by atoms with E-state index in [1.807, 2.05) is 63.5 Å². The molecule has 0 N–H and O–H groups in total. The van der Waals surface area contributed by atoms with Crippen molar-refractivity contribution in [3.05, 3.63) is 75.2 Å². The number of benzene rings is 1. The Labute approximate surface area is 175 Å². The van der Waals surface area contributed by atoms with Crippen molar-refractivity contribution in [3.8, 4) is 15.6 Å². The molecule has 4 aromatic rings. The molecule has 1 aromatic carbocycles. The Kier molecular flexibility index (Phi) is 5.85. The number of rotatable bonds is 7. The second-order valence-electron chi connectivity index (χ2n) is 6.06. The van der Waals surface area contributed by atoms with Gasteiger partial charge in [-0.25, -0.2) is 4.98 Å². The Hall–Kier alpha value is -2.48. The first-order valence-electron chi connectivity index (χ1n) is 8.68. The molecule has 142 valence electrons. The molecule has 0 spiro atoms. The number of aromatic nitrogens is 1. The van der Waals surface area contributed by atoms with Crippen LogP contribution in [0.15, 0.2) is 64.7 Å². The van der Waals surface area contributed by atoms with Crippen LogP contribution < -0.4 is 9.64 Å². The zero-order valence-electron chi connectivity index (χ0n) is 15.2. The smallest absolute Gasteiger partial charge is 0.233 e. The number of amides is 1. The third kappa shape index (κ3) is 4.32. The van der Waals surface area contributed by atoms with E-state index < -0.39 is 0 Å². The van der Waals surface area contributed by atoms with Crippen molar-refractivity contribution in [2.45, 2.75) is 13.0 Å². The van der Waals surface area contributed by atoms with Crippen molar-refractivity contribution < 1.29 is 9.53 Å². The van der Waals surface area contributed by atoms with E-state index in [0.29, 0.717) is 6.54 Å². The van der Waals surface area contributed by atoms with Gasteiger partial charge in [-0.2, -0.15) is 0 Å². The molecule has 0 bridgehead atoms. The predicted molar refractivity (Wildman–Crippen MR) is 118 cm³/mol. The highest BCUT2D eigenvalue weighted by Gasteiger charge is 2.19. The summed E-state index contributed by atoms with van der Waals surface area (Å²) in [6, 6.07) is 15.7. The lowest BCUT2D eigenvalue weighted by Crippen LogP contribution is -2.31. The van der Waals surface area contributed by atoms with Crippen molar-refractivity contribution in [2.75, 3.05) is 12.0 Å². The van der Waals surface area contributed by atoms with E-state index in [1.165, 1.54) is 0 Å². The maximum absolute atomic E-state index is 13.2. The molecule has 0 aliphatic rings. The van der Waals surface area contributed by atoms with Crippen molar-refractivity contribution in [1.29, 1.82) is 0 Å². The van der Waals surface area contributed by atoms with Gasteiger partial charge in [0.1, 0.15) is 10.8 Å². The van der Waals surface area contributed by atoms with Crippen LogP contribution in [0.3, 0.4) is 0 Å². The number of carbonyl (C=O) groups excluding carboxylic acids is 1. The summed E-state index contributed by atoms with van der Waals surface area (Å²) >= 11 is 4.89. The van der Waals surface area contributed by atoms with Gasteiger partial charge in [0.25, 0.3) is 0 Å². The standard InChI is InChI=1S/C21H18N2O2S3/c1-25-17-8-6-16(7-9-17)23(13-18-4-2-10-26-18)20(24)12-15-14-28-21(22-15)19-5-3-11-27-19/h2-11,14H,12-13H2,1H3. The minimum absolute atomic E-state index is 0.0293. The molecule has 0 fully saturated rings. The fourth-order valence-corrected chi connectivity index (χ4v) is 5.12. The van der Waals surface area contributed by atoms with E-state index in [9.17, 15) is 4.79 Å². The number of hydrogen-bond donors (Lipinski definition) is 0. The highest BCUT2D eigenvalue weighted by atomic mass is 32.1. The third-order valence-electron chi connectivity index (χ3n) is 4.20. The quantitative estimate of drug-likeness (QED) is 0.380. The highest BCUT2D eigenvalue weighted by molar-refractivity contribution is 7.20. The van der Waals surface area contributed by atoms with E-state index in [2.05, 4.69) is 11.1 Å². The van der Waals surface area contributed by atoms with Gasteiger partial charge in [-0.05, 0) is 47.2 Å². The highest BCUT2D eigenvalue weighted by Crippen LogP contribution is 2.29. The molecule has 0 aliphatic heterocycles. The maximum Gasteiger partial charge on any atom is 0.233 e. The van der Waals surface area contributed by atoms with Gasteiger partial charge in [-0.1, -0.05) is 12.1 Å². The second-order valence-corrected chi connectivity index (χ2v) is 8.89. The fourth-order valence-electron chi connectivity index (χ4n) is 2.80. The summed E-state index contributed by atoms with van der Waals surface area (Å²) in [6.45, 7) is 0.546. The summed E-state index contributed by atoms with van der Waals surface area (Å²) in [7, 11) is 1.64. The molecule has 0 aliphatic carbocycles. The first-order chi connectivity index (χ1) is 13.7. The largest absolute Gasteiger partial charge is 0.497 e. The number of thiazole rings is 1. The summed E-state index contributed by atoms with van der Waals surface area (Å²) in [5, 5.41) is 7.00. The summed E-state index contributed by atoms with van der Waals surface area (Å²) in [6.07, 6.45) is 0.277. The Morgan fingerprint density at radius 1 is 1.04 bits per heavy atom. The van der Waals surface area contributed by atoms with Gasteiger partial charge in [0.15, 0.2) is 0 Å². The molecule has 1 amide bonds. The van der Waals surface area contributed by atoms with Crippen LogP contribution in [0, 0.1) is 0 Å². The second kappa shape index (κ2) is 8.68. The number of methoxy groups -OCH3 is 1. The van der Waals surface area contributed by atoms with Crippen LogP contribution in [-0.4, -0.2) is 18.0 Å². The zero-order valence-corrected chi connectivity index (χ0v) is 17.7. The van der Waals surface area contributed by atoms with E-state index in [-0.39, 0.29) is 12.3 Å². The van der Waals surface area contributed by atoms with Crippen LogP contribution >= 0.6 is 34.0 Å². The number of ether oxygens (including phenoxy) is 1. The van der Waals surface area contributed by atoms with Crippen LogP contribution in [0.25, 0.3) is 9.88 Å². The zero-order chi connectivity index (χ0) is 19.3. The van der Waals surface area contributed by atoms with E-state index in [4.69, 9.17) is 4.74 Å². The molecule has 28 heavy (non-hydrogen) atoms. The predicted octanol–water partition coefficient (Wildman–Crippen LogP) is 5.72. The summed E-state index contributed by atoms with van der Waals surface area (Å²) in [4.78, 5) is 21.9. The van der Waals surface area contributed by atoms with Gasteiger partial charge in [-0.3, -0.25) is 4.79 Å². The third-order valence-corrected chi connectivity index (χ3v) is 6.99. The SMILES string of the molecule is COc1ccc(N(Cc2cccs2)C(=O)Cc2csc(-c3cccs3)n2)cc1. The maximum atomic E-state index is 13.2. The number of carbonyl (C=O) groups is 1. The van der Waals surface area contributed by atoms with Crippen LogP contribution in [0.5, 0.6) is 5.75 Å². The molecule has 4 nitrogen and oxygen atoms in total. The first-order valence-corrected chi connectivity index (χ1v) is 11.3. The lowest BCUT2D eigenvalue weighted by atomic mass is 10.2. The average molecular weight is 427 g/mol. The van der Waals surface area contributed by atoms with Gasteiger partial charge in [0.2, 0.25) is 5.91 Å². The van der Waals surface area contributed by atoms with Crippen LogP contribution in [0.4, 0.5) is 5.69 Å². The lowest BCUT2D eigenvalue weighted by Gasteiger charge is -2.22. The number of hydrogen-bond acceptors (Lipinski definition) is 6. The molecule has 0 saturated carbocycles. The summed E-state index contributed by atoms with van der Waals surface area (Å²) in [5.41, 5.74) is 1.66. The van der Waals surface area contributed by atoms with Gasteiger partial charge >= 0.3 is 0 Å². The van der Waals surface area contributed by atoms with Gasteiger partial charge in [0.05, 0.1) is 30.6 Å². The van der Waals surface area contributed by atoms with Crippen molar-refractivity contribution in [1.82, 2.24) is 4.98 Å².